The number of benzene rings is 4. The van der Waals surface area contributed by atoms with Crippen LogP contribution >= 0.6 is 23.1 Å². The van der Waals surface area contributed by atoms with Gasteiger partial charge in [-0.3, -0.25) is 0 Å². The largest absolute Gasteiger partial charge is 0.310 e. The van der Waals surface area contributed by atoms with Gasteiger partial charge in [-0.25, -0.2) is 0 Å². The zero-order chi connectivity index (χ0) is 35.3. The van der Waals surface area contributed by atoms with Crippen LogP contribution in [0.25, 0.3) is 38.7 Å². The van der Waals surface area contributed by atoms with Gasteiger partial charge in [0.2, 0.25) is 0 Å². The maximum atomic E-state index is 9.46. The molecule has 7 heteroatoms. The molecule has 5 nitrogen and oxygen atoms in total. The standard InChI is InChI=1S/C44H35N5S2/c1-43(2)24-28(22-30(25-43)31(26-45)27-46)14-16-33-17-21-40(50-33)35-19-18-34(41-42(35)48-51-47-41)29-15-20-39-37(23-29)44(3,4)36-12-8-9-13-38(36)49(39)32-10-6-5-7-11-32/h5-23H,24-25H2,1-4H3/b16-14+. The number of anilines is 3. The first-order valence-corrected chi connectivity index (χ1v) is 18.6. The van der Waals surface area contributed by atoms with E-state index in [0.717, 1.165) is 67.2 Å². The fraction of sp³-hybridized carbons (Fsp3) is 0.182. The molecule has 51 heavy (non-hydrogen) atoms. The molecule has 0 N–H and O–H groups in total. The maximum Gasteiger partial charge on any atom is 0.132 e. The van der Waals surface area contributed by atoms with Crippen LogP contribution in [-0.2, 0) is 5.41 Å². The van der Waals surface area contributed by atoms with E-state index < -0.39 is 0 Å². The topological polar surface area (TPSA) is 76.6 Å². The Bertz CT molecular complexity index is 2500. The zero-order valence-electron chi connectivity index (χ0n) is 28.9. The van der Waals surface area contributed by atoms with E-state index in [9.17, 15) is 10.5 Å². The summed E-state index contributed by atoms with van der Waals surface area (Å²) in [6.45, 7) is 9.01. The number of thiophene rings is 1. The quantitative estimate of drug-likeness (QED) is 0.168. The Kier molecular flexibility index (Phi) is 8.07. The lowest BCUT2D eigenvalue weighted by atomic mass is 9.73. The normalized spacial score (nSPS) is 15.9. The average Bonchev–Trinajstić information content (AvgIpc) is 3.82. The first-order valence-electron chi connectivity index (χ1n) is 17.0. The van der Waals surface area contributed by atoms with Crippen LogP contribution in [0, 0.1) is 28.1 Å². The highest BCUT2D eigenvalue weighted by Crippen LogP contribution is 2.53. The first kappa shape index (κ1) is 32.6. The van der Waals surface area contributed by atoms with Gasteiger partial charge in [-0.2, -0.15) is 19.3 Å². The van der Waals surface area contributed by atoms with Crippen molar-refractivity contribution in [3.8, 4) is 33.7 Å². The number of aromatic nitrogens is 2. The molecule has 3 heterocycles. The van der Waals surface area contributed by atoms with Crippen LogP contribution in [0.2, 0.25) is 0 Å². The average molecular weight is 698 g/mol. The van der Waals surface area contributed by atoms with Gasteiger partial charge >= 0.3 is 0 Å². The summed E-state index contributed by atoms with van der Waals surface area (Å²) in [7, 11) is 0. The molecular weight excluding hydrogens is 663 g/mol. The molecule has 2 aliphatic rings. The van der Waals surface area contributed by atoms with Crippen LogP contribution < -0.4 is 4.90 Å². The van der Waals surface area contributed by atoms with Crippen molar-refractivity contribution in [3.05, 3.63) is 142 Å². The van der Waals surface area contributed by atoms with Crippen LogP contribution in [0.4, 0.5) is 17.1 Å². The van der Waals surface area contributed by atoms with Gasteiger partial charge in [0.15, 0.2) is 0 Å². The molecule has 0 atom stereocenters. The smallest absolute Gasteiger partial charge is 0.132 e. The fourth-order valence-corrected chi connectivity index (χ4v) is 9.20. The number of nitrogens with zero attached hydrogens (tertiary/aromatic N) is 5. The van der Waals surface area contributed by atoms with Crippen molar-refractivity contribution in [3.63, 3.8) is 0 Å². The van der Waals surface area contributed by atoms with Crippen LogP contribution in [0.15, 0.2) is 126 Å². The molecule has 4 aromatic carbocycles. The van der Waals surface area contributed by atoms with Crippen molar-refractivity contribution in [2.75, 3.05) is 4.90 Å². The summed E-state index contributed by atoms with van der Waals surface area (Å²) < 4.78 is 9.64. The van der Waals surface area contributed by atoms with Gasteiger partial charge in [0, 0.05) is 32.0 Å². The molecule has 0 amide bonds. The molecule has 0 bridgehead atoms. The minimum absolute atomic E-state index is 0.0200. The Morgan fingerprint density at radius 1 is 0.745 bits per heavy atom. The second-order valence-corrected chi connectivity index (χ2v) is 16.2. The molecule has 0 fully saturated rings. The molecule has 1 aliphatic heterocycles. The van der Waals surface area contributed by atoms with E-state index in [4.69, 9.17) is 8.75 Å². The van der Waals surface area contributed by atoms with E-state index in [-0.39, 0.29) is 16.4 Å². The van der Waals surface area contributed by atoms with E-state index >= 15 is 0 Å². The van der Waals surface area contributed by atoms with Crippen LogP contribution in [0.1, 0.15) is 56.5 Å². The summed E-state index contributed by atoms with van der Waals surface area (Å²) in [6, 6.07) is 39.0. The minimum Gasteiger partial charge on any atom is -0.310 e. The molecule has 248 valence electrons. The summed E-state index contributed by atoms with van der Waals surface area (Å²) in [5.74, 6) is 0. The molecule has 0 saturated heterocycles. The Morgan fingerprint density at radius 3 is 2.24 bits per heavy atom. The SMILES string of the molecule is CC1(C)CC(/C=C/c2ccc(-c3ccc(-c4ccc5c(c4)C(C)(C)c4ccccc4N5c4ccccc4)c4nsnc34)s2)=CC(=C(C#N)C#N)C1. The maximum absolute atomic E-state index is 9.46. The lowest BCUT2D eigenvalue weighted by Gasteiger charge is -2.42. The van der Waals surface area contributed by atoms with Crippen molar-refractivity contribution in [1.82, 2.24) is 8.75 Å². The lowest BCUT2D eigenvalue weighted by molar-refractivity contribution is 0.354. The Labute approximate surface area is 307 Å². The monoisotopic (exact) mass is 697 g/mol. The van der Waals surface area contributed by atoms with Gasteiger partial charge in [-0.1, -0.05) is 94.4 Å². The summed E-state index contributed by atoms with van der Waals surface area (Å²) in [6.07, 6.45) is 7.88. The predicted molar refractivity (Wildman–Crippen MR) is 211 cm³/mol. The molecule has 0 unspecified atom stereocenters. The Morgan fingerprint density at radius 2 is 1.45 bits per heavy atom. The van der Waals surface area contributed by atoms with Crippen LogP contribution in [0.5, 0.6) is 0 Å². The van der Waals surface area contributed by atoms with E-state index in [1.165, 1.54) is 34.2 Å². The second kappa shape index (κ2) is 12.6. The molecule has 0 saturated carbocycles. The highest BCUT2D eigenvalue weighted by molar-refractivity contribution is 7.16. The van der Waals surface area contributed by atoms with Gasteiger partial charge in [0.05, 0.1) is 23.1 Å². The highest BCUT2D eigenvalue weighted by Gasteiger charge is 2.37. The third-order valence-corrected chi connectivity index (χ3v) is 11.7. The van der Waals surface area contributed by atoms with Crippen molar-refractivity contribution in [1.29, 1.82) is 10.5 Å². The van der Waals surface area contributed by atoms with E-state index in [1.54, 1.807) is 11.3 Å². The summed E-state index contributed by atoms with van der Waals surface area (Å²) in [5, 5.41) is 18.9. The first-order chi connectivity index (χ1) is 24.7. The third-order valence-electron chi connectivity index (χ3n) is 10.1. The number of para-hydroxylation sites is 2. The van der Waals surface area contributed by atoms with Gasteiger partial charge in [0.25, 0.3) is 0 Å². The second-order valence-electron chi connectivity index (χ2n) is 14.6. The summed E-state index contributed by atoms with van der Waals surface area (Å²) in [5.41, 5.74) is 13.1. The third kappa shape index (κ3) is 5.79. The number of hydrogen-bond donors (Lipinski definition) is 0. The highest BCUT2D eigenvalue weighted by atomic mass is 32.1. The number of rotatable bonds is 5. The van der Waals surface area contributed by atoms with E-state index in [2.05, 4.69) is 154 Å². The van der Waals surface area contributed by atoms with Crippen molar-refractivity contribution >= 4 is 57.2 Å². The van der Waals surface area contributed by atoms with Gasteiger partial charge in [0.1, 0.15) is 28.7 Å². The van der Waals surface area contributed by atoms with E-state index in [0.29, 0.717) is 0 Å². The molecule has 0 spiro atoms. The number of allylic oxidation sites excluding steroid dienone is 5. The predicted octanol–water partition coefficient (Wildman–Crippen LogP) is 12.3. The molecule has 2 aromatic heterocycles. The molecule has 6 aromatic rings. The van der Waals surface area contributed by atoms with Crippen LogP contribution in [0.3, 0.4) is 0 Å². The number of nitriles is 2. The summed E-state index contributed by atoms with van der Waals surface area (Å²) >= 11 is 2.98. The van der Waals surface area contributed by atoms with Crippen LogP contribution in [-0.4, -0.2) is 8.75 Å². The Hall–Kier alpha value is -5.60. The Balaban J connectivity index is 1.14. The van der Waals surface area contributed by atoms with Crippen molar-refractivity contribution in [2.24, 2.45) is 5.41 Å². The van der Waals surface area contributed by atoms with Gasteiger partial charge < -0.3 is 4.90 Å². The van der Waals surface area contributed by atoms with Crippen molar-refractivity contribution in [2.45, 2.75) is 46.0 Å². The van der Waals surface area contributed by atoms with E-state index in [1.807, 2.05) is 6.08 Å². The van der Waals surface area contributed by atoms with Gasteiger partial charge in [-0.15, -0.1) is 11.3 Å². The summed E-state index contributed by atoms with van der Waals surface area (Å²) in [4.78, 5) is 4.64. The van der Waals surface area contributed by atoms with Crippen molar-refractivity contribution < 1.29 is 0 Å². The molecule has 0 radical (unpaired) electrons. The molecular formula is C44H35N5S2. The molecule has 8 rings (SSSR count). The number of hydrogen-bond acceptors (Lipinski definition) is 7. The number of fused-ring (bicyclic) bond motifs is 3. The molecule has 1 aliphatic carbocycles. The lowest BCUT2D eigenvalue weighted by Crippen LogP contribution is -2.30. The fourth-order valence-electron chi connectivity index (χ4n) is 7.69. The van der Waals surface area contributed by atoms with Gasteiger partial charge in [-0.05, 0) is 94.6 Å². The zero-order valence-corrected chi connectivity index (χ0v) is 30.6. The minimum atomic E-state index is -0.206.